The lowest BCUT2D eigenvalue weighted by molar-refractivity contribution is 0.987. The van der Waals surface area contributed by atoms with E-state index >= 15 is 0 Å². The van der Waals surface area contributed by atoms with Crippen LogP contribution in [0.15, 0.2) is 24.1 Å². The van der Waals surface area contributed by atoms with E-state index in [1.165, 1.54) is 12.5 Å². The molecule has 0 unspecified atom stereocenters. The maximum atomic E-state index is 5.13. The Morgan fingerprint density at radius 2 is 2.73 bits per heavy atom. The van der Waals surface area contributed by atoms with Crippen LogP contribution in [0.3, 0.4) is 0 Å². The van der Waals surface area contributed by atoms with Crippen molar-refractivity contribution in [1.29, 1.82) is 0 Å². The summed E-state index contributed by atoms with van der Waals surface area (Å²) in [5.41, 5.74) is 2.35. The molecule has 0 aliphatic heterocycles. The molecule has 0 radical (unpaired) electrons. The molecule has 1 heterocycles. The standard InChI is InChI=1S/C5H8N6/c1-2-7-4(10-6)5-8-3-9-11-5/h2-3H,1,6H2,(H,7,10)(H,8,9,11). The smallest absolute Gasteiger partial charge is 0.192 e. The molecule has 0 atom stereocenters. The molecule has 0 aliphatic rings. The molecule has 0 aliphatic carbocycles. The lowest BCUT2D eigenvalue weighted by Gasteiger charge is -1.97. The van der Waals surface area contributed by atoms with Crippen molar-refractivity contribution in [1.82, 2.24) is 20.6 Å². The minimum atomic E-state index is 0.400. The molecule has 0 saturated carbocycles. The summed E-state index contributed by atoms with van der Waals surface area (Å²) in [6, 6.07) is 0. The van der Waals surface area contributed by atoms with Gasteiger partial charge >= 0.3 is 0 Å². The molecule has 0 aromatic carbocycles. The van der Waals surface area contributed by atoms with Crippen molar-refractivity contribution in [2.24, 2.45) is 10.8 Å². The number of hydrogen-bond donors (Lipinski definition) is 3. The molecule has 0 amide bonds. The Kier molecular flexibility index (Phi) is 2.34. The first-order chi connectivity index (χ1) is 5.38. The largest absolute Gasteiger partial charge is 0.305 e. The van der Waals surface area contributed by atoms with Gasteiger partial charge in [-0.15, -0.1) is 0 Å². The molecule has 0 spiro atoms. The van der Waals surface area contributed by atoms with Crippen molar-refractivity contribution in [2.75, 3.05) is 0 Å². The lowest BCUT2D eigenvalue weighted by Crippen LogP contribution is -2.31. The maximum Gasteiger partial charge on any atom is 0.192 e. The van der Waals surface area contributed by atoms with Gasteiger partial charge in [-0.05, 0) is 0 Å². The van der Waals surface area contributed by atoms with Gasteiger partial charge in [0.25, 0.3) is 0 Å². The van der Waals surface area contributed by atoms with Crippen molar-refractivity contribution in [3.05, 3.63) is 24.9 Å². The summed E-state index contributed by atoms with van der Waals surface area (Å²) in [5.74, 6) is 6.01. The number of nitrogens with two attached hydrogens (primary N) is 1. The van der Waals surface area contributed by atoms with Crippen molar-refractivity contribution >= 4 is 5.84 Å². The van der Waals surface area contributed by atoms with Crippen molar-refractivity contribution < 1.29 is 0 Å². The van der Waals surface area contributed by atoms with Gasteiger partial charge in [0, 0.05) is 6.20 Å². The Bertz CT molecular complexity index is 248. The predicted molar refractivity (Wildman–Crippen MR) is 40.4 cm³/mol. The van der Waals surface area contributed by atoms with Crippen LogP contribution in [0.2, 0.25) is 0 Å². The summed E-state index contributed by atoms with van der Waals surface area (Å²) in [6.45, 7) is 3.41. The average Bonchev–Trinajstić information content (AvgIpc) is 2.52. The van der Waals surface area contributed by atoms with Gasteiger partial charge in [0.2, 0.25) is 0 Å². The van der Waals surface area contributed by atoms with E-state index in [4.69, 9.17) is 5.84 Å². The van der Waals surface area contributed by atoms with Gasteiger partial charge in [-0.1, -0.05) is 6.58 Å². The number of amidine groups is 1. The molecule has 11 heavy (non-hydrogen) atoms. The zero-order valence-corrected chi connectivity index (χ0v) is 5.78. The van der Waals surface area contributed by atoms with E-state index in [1.807, 2.05) is 0 Å². The lowest BCUT2D eigenvalue weighted by atomic mass is 10.5. The van der Waals surface area contributed by atoms with E-state index in [0.717, 1.165) is 0 Å². The zero-order chi connectivity index (χ0) is 8.10. The Hall–Kier alpha value is -1.69. The summed E-state index contributed by atoms with van der Waals surface area (Å²) in [7, 11) is 0. The molecule has 1 aromatic heterocycles. The Labute approximate surface area is 63.2 Å². The number of aliphatic imine (C=N–C) groups is 1. The van der Waals surface area contributed by atoms with Gasteiger partial charge in [-0.2, -0.15) is 5.10 Å². The number of nitrogens with one attached hydrogen (secondary N) is 2. The minimum Gasteiger partial charge on any atom is -0.305 e. The third kappa shape index (κ3) is 1.62. The number of aromatic amines is 1. The van der Waals surface area contributed by atoms with Crippen molar-refractivity contribution in [2.45, 2.75) is 0 Å². The number of aromatic nitrogens is 3. The van der Waals surface area contributed by atoms with Crippen LogP contribution in [0.5, 0.6) is 0 Å². The number of nitrogens with zero attached hydrogens (tertiary/aromatic N) is 3. The summed E-state index contributed by atoms with van der Waals surface area (Å²) < 4.78 is 0. The third-order valence-corrected chi connectivity index (χ3v) is 0.996. The molecule has 6 nitrogen and oxygen atoms in total. The van der Waals surface area contributed by atoms with E-state index < -0.39 is 0 Å². The number of rotatable bonds is 2. The van der Waals surface area contributed by atoms with Gasteiger partial charge < -0.3 is 5.43 Å². The summed E-state index contributed by atoms with van der Waals surface area (Å²) in [6.07, 6.45) is 2.73. The Balaban J connectivity index is 2.88. The van der Waals surface area contributed by atoms with Crippen LogP contribution in [0.4, 0.5) is 0 Å². The minimum absolute atomic E-state index is 0.400. The molecular formula is C5H8N6. The van der Waals surface area contributed by atoms with Crippen LogP contribution in [0.1, 0.15) is 5.82 Å². The fourth-order valence-corrected chi connectivity index (χ4v) is 0.578. The van der Waals surface area contributed by atoms with E-state index in [2.05, 4.69) is 32.2 Å². The highest BCUT2D eigenvalue weighted by Gasteiger charge is 2.01. The average molecular weight is 152 g/mol. The van der Waals surface area contributed by atoms with Gasteiger partial charge in [-0.3, -0.25) is 5.10 Å². The monoisotopic (exact) mass is 152 g/mol. The highest BCUT2D eigenvalue weighted by atomic mass is 15.3. The molecule has 1 rings (SSSR count). The van der Waals surface area contributed by atoms with Gasteiger partial charge in [0.1, 0.15) is 6.33 Å². The summed E-state index contributed by atoms with van der Waals surface area (Å²) >= 11 is 0. The molecule has 0 saturated heterocycles. The molecule has 6 heteroatoms. The van der Waals surface area contributed by atoms with E-state index in [9.17, 15) is 0 Å². The molecular weight excluding hydrogens is 144 g/mol. The second-order valence-corrected chi connectivity index (χ2v) is 1.64. The summed E-state index contributed by atoms with van der Waals surface area (Å²) in [5, 5.41) is 6.22. The first-order valence-electron chi connectivity index (χ1n) is 2.89. The Morgan fingerprint density at radius 3 is 3.18 bits per heavy atom. The quantitative estimate of drug-likeness (QED) is 0.223. The van der Waals surface area contributed by atoms with Crippen LogP contribution >= 0.6 is 0 Å². The fraction of sp³-hybridized carbons (Fsp3) is 0. The van der Waals surface area contributed by atoms with Gasteiger partial charge in [0.15, 0.2) is 11.7 Å². The Morgan fingerprint density at radius 1 is 1.91 bits per heavy atom. The van der Waals surface area contributed by atoms with Crippen LogP contribution in [0.25, 0.3) is 0 Å². The van der Waals surface area contributed by atoms with Crippen LogP contribution in [-0.2, 0) is 0 Å². The molecule has 4 N–H and O–H groups in total. The second-order valence-electron chi connectivity index (χ2n) is 1.64. The highest BCUT2D eigenvalue weighted by molar-refractivity contribution is 5.95. The topological polar surface area (TPSA) is 92.0 Å². The normalized spacial score (nSPS) is 11.2. The molecule has 58 valence electrons. The van der Waals surface area contributed by atoms with Crippen LogP contribution in [-0.4, -0.2) is 21.0 Å². The zero-order valence-electron chi connectivity index (χ0n) is 5.78. The first kappa shape index (κ1) is 7.42. The molecule has 0 fully saturated rings. The molecule has 1 aromatic rings. The van der Waals surface area contributed by atoms with Gasteiger partial charge in [0.05, 0.1) is 0 Å². The first-order valence-corrected chi connectivity index (χ1v) is 2.89. The van der Waals surface area contributed by atoms with E-state index in [0.29, 0.717) is 11.7 Å². The second kappa shape index (κ2) is 3.47. The number of hydrogen-bond acceptors (Lipinski definition) is 4. The predicted octanol–water partition coefficient (Wildman–Crippen LogP) is -0.842. The number of hydrazine groups is 1. The van der Waals surface area contributed by atoms with Crippen molar-refractivity contribution in [3.63, 3.8) is 0 Å². The van der Waals surface area contributed by atoms with Crippen LogP contribution in [0, 0.1) is 0 Å². The fourth-order valence-electron chi connectivity index (χ4n) is 0.578. The van der Waals surface area contributed by atoms with Crippen LogP contribution < -0.4 is 11.3 Å². The van der Waals surface area contributed by atoms with Gasteiger partial charge in [-0.25, -0.2) is 15.8 Å². The van der Waals surface area contributed by atoms with Crippen molar-refractivity contribution in [3.8, 4) is 0 Å². The number of H-pyrrole nitrogens is 1. The highest BCUT2D eigenvalue weighted by Crippen LogP contribution is 1.86. The van der Waals surface area contributed by atoms with E-state index in [-0.39, 0.29) is 0 Å². The molecule has 0 bridgehead atoms. The maximum absolute atomic E-state index is 5.13. The SMILES string of the molecule is C=CN=C(NN)c1ncn[nH]1. The third-order valence-electron chi connectivity index (χ3n) is 0.996. The summed E-state index contributed by atoms with van der Waals surface area (Å²) in [4.78, 5) is 7.61. The van der Waals surface area contributed by atoms with E-state index in [1.54, 1.807) is 0 Å².